The van der Waals surface area contributed by atoms with E-state index in [9.17, 15) is 8.78 Å². The van der Waals surface area contributed by atoms with E-state index in [0.717, 1.165) is 17.7 Å². The van der Waals surface area contributed by atoms with Gasteiger partial charge >= 0.3 is 0 Å². The summed E-state index contributed by atoms with van der Waals surface area (Å²) in [5.41, 5.74) is 8.14. The van der Waals surface area contributed by atoms with Crippen molar-refractivity contribution in [3.63, 3.8) is 0 Å². The molecule has 0 saturated carbocycles. The number of rotatable bonds is 3. The Labute approximate surface area is 125 Å². The highest BCUT2D eigenvalue weighted by atomic mass is 79.9. The highest BCUT2D eigenvalue weighted by Crippen LogP contribution is 2.27. The highest BCUT2D eigenvalue weighted by Gasteiger charge is 2.16. The first kappa shape index (κ1) is 15.1. The van der Waals surface area contributed by atoms with Crippen LogP contribution in [0.4, 0.5) is 8.78 Å². The van der Waals surface area contributed by atoms with Gasteiger partial charge < -0.3 is 5.73 Å². The Bertz CT molecular complexity index is 609. The van der Waals surface area contributed by atoms with E-state index >= 15 is 0 Å². The van der Waals surface area contributed by atoms with Crippen molar-refractivity contribution < 1.29 is 8.78 Å². The molecule has 0 aromatic heterocycles. The smallest absolute Gasteiger partial charge is 0.137 e. The van der Waals surface area contributed by atoms with Gasteiger partial charge in [0.15, 0.2) is 0 Å². The molecule has 2 aromatic carbocycles. The summed E-state index contributed by atoms with van der Waals surface area (Å²) in [5, 5.41) is 0. The summed E-state index contributed by atoms with van der Waals surface area (Å²) in [5.74, 6) is -0.614. The minimum Gasteiger partial charge on any atom is -0.320 e. The maximum absolute atomic E-state index is 13.9. The predicted molar refractivity (Wildman–Crippen MR) is 80.6 cm³/mol. The summed E-state index contributed by atoms with van der Waals surface area (Å²) in [7, 11) is 0. The van der Waals surface area contributed by atoms with Crippen molar-refractivity contribution in [3.05, 3.63) is 69.2 Å². The van der Waals surface area contributed by atoms with Crippen LogP contribution in [-0.2, 0) is 0 Å². The first-order valence-corrected chi connectivity index (χ1v) is 7.19. The molecule has 0 aliphatic heterocycles. The Morgan fingerprint density at radius 2 is 1.50 bits per heavy atom. The van der Waals surface area contributed by atoms with Crippen LogP contribution < -0.4 is 5.73 Å². The molecule has 0 heterocycles. The molecule has 1 nitrogen and oxygen atoms in total. The van der Waals surface area contributed by atoms with Crippen LogP contribution in [-0.4, -0.2) is 0 Å². The third-order valence-corrected chi connectivity index (χ3v) is 3.94. The fourth-order valence-corrected chi connectivity index (χ4v) is 2.36. The van der Waals surface area contributed by atoms with Crippen LogP contribution >= 0.6 is 15.9 Å². The number of hydrogen-bond donors (Lipinski definition) is 1. The lowest BCUT2D eigenvalue weighted by atomic mass is 9.95. The zero-order valence-corrected chi connectivity index (χ0v) is 12.9. The molecular weight excluding hydrogens is 324 g/mol. The largest absolute Gasteiger partial charge is 0.320 e. The summed E-state index contributed by atoms with van der Waals surface area (Å²) in [6.45, 7) is 4.19. The van der Waals surface area contributed by atoms with Crippen molar-refractivity contribution in [3.8, 4) is 0 Å². The maximum Gasteiger partial charge on any atom is 0.137 e. The molecule has 106 valence electrons. The molecule has 2 rings (SSSR count). The Morgan fingerprint density at radius 1 is 0.950 bits per heavy atom. The van der Waals surface area contributed by atoms with Crippen molar-refractivity contribution in [2.24, 2.45) is 5.73 Å². The lowest BCUT2D eigenvalue weighted by Crippen LogP contribution is -2.14. The van der Waals surface area contributed by atoms with Crippen molar-refractivity contribution in [1.29, 1.82) is 0 Å². The van der Waals surface area contributed by atoms with E-state index in [4.69, 9.17) is 5.73 Å². The summed E-state index contributed by atoms with van der Waals surface area (Å²) in [4.78, 5) is 0. The average molecular weight is 340 g/mol. The van der Waals surface area contributed by atoms with Crippen molar-refractivity contribution in [2.75, 3.05) is 0 Å². The van der Waals surface area contributed by atoms with E-state index in [1.165, 1.54) is 5.56 Å². The van der Waals surface area contributed by atoms with Gasteiger partial charge in [-0.2, -0.15) is 0 Å². The number of halogens is 3. The molecule has 0 saturated heterocycles. The van der Waals surface area contributed by atoms with Crippen LogP contribution in [0.3, 0.4) is 0 Å². The van der Waals surface area contributed by atoms with Crippen LogP contribution in [0.25, 0.3) is 0 Å². The Morgan fingerprint density at radius 3 is 2.05 bits per heavy atom. The molecule has 0 amide bonds. The number of hydrogen-bond acceptors (Lipinski definition) is 1. The average Bonchev–Trinajstić information content (AvgIpc) is 2.42. The molecule has 4 heteroatoms. The molecular formula is C16H16BrF2N. The van der Waals surface area contributed by atoms with E-state index in [0.29, 0.717) is 5.92 Å². The Balaban J connectivity index is 2.36. The second-order valence-electron chi connectivity index (χ2n) is 5.09. The van der Waals surface area contributed by atoms with Crippen molar-refractivity contribution in [2.45, 2.75) is 25.8 Å². The highest BCUT2D eigenvalue weighted by molar-refractivity contribution is 9.10. The van der Waals surface area contributed by atoms with E-state index < -0.39 is 17.7 Å². The molecule has 1 unspecified atom stereocenters. The van der Waals surface area contributed by atoms with Crippen molar-refractivity contribution in [1.82, 2.24) is 0 Å². The van der Waals surface area contributed by atoms with Gasteiger partial charge in [-0.15, -0.1) is 0 Å². The zero-order valence-electron chi connectivity index (χ0n) is 11.3. The number of nitrogens with two attached hydrogens (primary N) is 1. The molecule has 0 aliphatic carbocycles. The van der Waals surface area contributed by atoms with Crippen LogP contribution in [0.15, 0.2) is 40.9 Å². The van der Waals surface area contributed by atoms with Gasteiger partial charge in [-0.1, -0.05) is 38.1 Å². The van der Waals surface area contributed by atoms with Gasteiger partial charge in [0.2, 0.25) is 0 Å². The molecule has 2 aromatic rings. The van der Waals surface area contributed by atoms with Gasteiger partial charge in [-0.25, -0.2) is 8.78 Å². The minimum atomic E-state index is -0.682. The van der Waals surface area contributed by atoms with Gasteiger partial charge in [0, 0.05) is 5.56 Å². The maximum atomic E-state index is 13.9. The SMILES string of the molecule is CC(C)c1ccc(C(N)c2cc(F)c(Br)cc2F)cc1. The van der Waals surface area contributed by atoms with Gasteiger partial charge in [0.05, 0.1) is 10.5 Å². The van der Waals surface area contributed by atoms with Crippen LogP contribution in [0.5, 0.6) is 0 Å². The monoisotopic (exact) mass is 339 g/mol. The second-order valence-corrected chi connectivity index (χ2v) is 5.94. The van der Waals surface area contributed by atoms with Gasteiger partial charge in [0.1, 0.15) is 11.6 Å². The lowest BCUT2D eigenvalue weighted by Gasteiger charge is -2.15. The topological polar surface area (TPSA) is 26.0 Å². The predicted octanol–water partition coefficient (Wildman–Crippen LogP) is 4.90. The molecule has 1 atom stereocenters. The molecule has 0 radical (unpaired) electrons. The summed E-state index contributed by atoms with van der Waals surface area (Å²) in [6.07, 6.45) is 0. The molecule has 0 aliphatic rings. The quantitative estimate of drug-likeness (QED) is 0.791. The van der Waals surface area contributed by atoms with E-state index in [1.807, 2.05) is 24.3 Å². The summed E-state index contributed by atoms with van der Waals surface area (Å²) in [6, 6.07) is 9.21. The molecule has 20 heavy (non-hydrogen) atoms. The first-order chi connectivity index (χ1) is 9.40. The molecule has 0 bridgehead atoms. The van der Waals surface area contributed by atoms with Gasteiger partial charge in [0.25, 0.3) is 0 Å². The minimum absolute atomic E-state index is 0.0982. The molecule has 0 spiro atoms. The van der Waals surface area contributed by atoms with Crippen LogP contribution in [0.2, 0.25) is 0 Å². The second kappa shape index (κ2) is 6.02. The van der Waals surface area contributed by atoms with Crippen molar-refractivity contribution >= 4 is 15.9 Å². The normalized spacial score (nSPS) is 12.8. The Hall–Kier alpha value is -1.26. The summed E-state index contributed by atoms with van der Waals surface area (Å²) < 4.78 is 27.5. The van der Waals surface area contributed by atoms with Crippen LogP contribution in [0, 0.1) is 11.6 Å². The third kappa shape index (κ3) is 3.07. The van der Waals surface area contributed by atoms with E-state index in [-0.39, 0.29) is 10.0 Å². The zero-order chi connectivity index (χ0) is 14.9. The fraction of sp³-hybridized carbons (Fsp3) is 0.250. The lowest BCUT2D eigenvalue weighted by molar-refractivity contribution is 0.572. The summed E-state index contributed by atoms with van der Waals surface area (Å²) >= 11 is 2.96. The molecule has 2 N–H and O–H groups in total. The molecule has 0 fully saturated rings. The van der Waals surface area contributed by atoms with Gasteiger partial charge in [-0.05, 0) is 45.1 Å². The first-order valence-electron chi connectivity index (χ1n) is 6.40. The third-order valence-electron chi connectivity index (χ3n) is 3.34. The Kier molecular flexibility index (Phi) is 4.55. The van der Waals surface area contributed by atoms with Gasteiger partial charge in [-0.3, -0.25) is 0 Å². The fourth-order valence-electron chi connectivity index (χ4n) is 2.04. The van der Waals surface area contributed by atoms with E-state index in [1.54, 1.807) is 0 Å². The standard InChI is InChI=1S/C16H16BrF2N/c1-9(2)10-3-5-11(6-4-10)16(20)12-7-15(19)13(17)8-14(12)18/h3-9,16H,20H2,1-2H3. The van der Waals surface area contributed by atoms with Crippen LogP contribution in [0.1, 0.15) is 42.5 Å². The number of benzene rings is 2. The van der Waals surface area contributed by atoms with E-state index in [2.05, 4.69) is 29.8 Å².